The Labute approximate surface area is 76.0 Å². The van der Waals surface area contributed by atoms with E-state index in [0.717, 1.165) is 0 Å². The van der Waals surface area contributed by atoms with Crippen LogP contribution in [0, 0.1) is 5.92 Å². The fraction of sp³-hybridized carbons (Fsp3) is 0.667. The summed E-state index contributed by atoms with van der Waals surface area (Å²) >= 11 is 0. The maximum Gasteiger partial charge on any atom is 0.314 e. The van der Waals surface area contributed by atoms with E-state index in [1.165, 1.54) is 6.92 Å². The third kappa shape index (κ3) is 6.05. The van der Waals surface area contributed by atoms with Crippen molar-refractivity contribution in [2.75, 3.05) is 0 Å². The third-order valence-electron chi connectivity index (χ3n) is 1.20. The molecule has 1 unspecified atom stereocenters. The van der Waals surface area contributed by atoms with Crippen molar-refractivity contribution in [3.05, 3.63) is 0 Å². The zero-order chi connectivity index (χ0) is 7.44. The highest BCUT2D eigenvalue weighted by Gasteiger charge is 2.19. The van der Waals surface area contributed by atoms with E-state index in [1.807, 2.05) is 0 Å². The van der Waals surface area contributed by atoms with Crippen molar-refractivity contribution >= 4 is 29.1 Å². The fourth-order valence-corrected chi connectivity index (χ4v) is 0.636. The highest BCUT2D eigenvalue weighted by molar-refractivity contribution is 5.96. The quantitative estimate of drug-likeness (QED) is 0.429. The molecule has 0 aliphatic heterocycles. The van der Waals surface area contributed by atoms with Gasteiger partial charge in [-0.2, -0.15) is 0 Å². The van der Waals surface area contributed by atoms with E-state index in [4.69, 9.17) is 5.11 Å². The molecule has 0 saturated carbocycles. The van der Waals surface area contributed by atoms with E-state index in [1.54, 1.807) is 6.92 Å². The first-order valence-corrected chi connectivity index (χ1v) is 2.82. The Kier molecular flexibility index (Phi) is 11.9. The predicted octanol–water partition coefficient (Wildman–Crippen LogP) is -1.32. The molecule has 1 atom stereocenters. The maximum atomic E-state index is 10.4. The number of rotatable bonds is 3. The molecule has 0 aliphatic carbocycles. The van der Waals surface area contributed by atoms with Crippen LogP contribution in [0.1, 0.15) is 20.3 Å². The smallest absolute Gasteiger partial charge is 0.314 e. The molecule has 0 radical (unpaired) electrons. The highest BCUT2D eigenvalue weighted by Crippen LogP contribution is 2.02. The Bertz CT molecular complexity index is 121. The summed E-state index contributed by atoms with van der Waals surface area (Å²) in [5.41, 5.74) is 0. The molecule has 11 heavy (non-hydrogen) atoms. The van der Waals surface area contributed by atoms with Crippen molar-refractivity contribution in [1.29, 1.82) is 0 Å². The first kappa shape index (κ1) is 16.9. The van der Waals surface area contributed by atoms with E-state index >= 15 is 0 Å². The van der Waals surface area contributed by atoms with E-state index in [2.05, 4.69) is 0 Å². The molecule has 0 aromatic rings. The minimum absolute atomic E-state index is 0. The van der Waals surface area contributed by atoms with Crippen molar-refractivity contribution in [2.45, 2.75) is 20.3 Å². The van der Waals surface area contributed by atoms with Gasteiger partial charge in [-0.3, -0.25) is 9.59 Å². The number of ketones is 1. The monoisotopic (exact) mass is 178 g/mol. The van der Waals surface area contributed by atoms with Crippen LogP contribution in [0.3, 0.4) is 0 Å². The van der Waals surface area contributed by atoms with Gasteiger partial charge in [0.2, 0.25) is 0 Å². The number of aliphatic carboxylic acids is 1. The van der Waals surface area contributed by atoms with Gasteiger partial charge in [0.1, 0.15) is 11.7 Å². The summed E-state index contributed by atoms with van der Waals surface area (Å²) in [4.78, 5) is 20.6. The molecule has 5 heteroatoms. The highest BCUT2D eigenvalue weighted by atomic mass is 27.0. The third-order valence-corrected chi connectivity index (χ3v) is 1.20. The second-order valence-electron chi connectivity index (χ2n) is 1.91. The van der Waals surface area contributed by atoms with Crippen molar-refractivity contribution in [3.8, 4) is 0 Å². The number of carbonyl (C=O) groups excluding carboxylic acids is 1. The van der Waals surface area contributed by atoms with E-state index in [-0.39, 0.29) is 28.6 Å². The van der Waals surface area contributed by atoms with Crippen LogP contribution in [0.4, 0.5) is 0 Å². The van der Waals surface area contributed by atoms with Crippen LogP contribution in [0.2, 0.25) is 0 Å². The summed E-state index contributed by atoms with van der Waals surface area (Å²) in [6.45, 7) is 2.97. The first-order chi connectivity index (χ1) is 4.09. The minimum atomic E-state index is -1.02. The normalized spacial score (nSPS) is 10.4. The Hall–Kier alpha value is -0.368. The summed E-state index contributed by atoms with van der Waals surface area (Å²) < 4.78 is 0. The van der Waals surface area contributed by atoms with Gasteiger partial charge in [0.25, 0.3) is 0 Å². The van der Waals surface area contributed by atoms with Crippen LogP contribution in [0.15, 0.2) is 0 Å². The van der Waals surface area contributed by atoms with Crippen molar-refractivity contribution < 1.29 is 20.2 Å². The maximum absolute atomic E-state index is 10.4. The molecular weight excluding hydrogens is 163 g/mol. The number of carboxylic acid groups (broad SMARTS) is 1. The minimum Gasteiger partial charge on any atom is -0.481 e. The topological polar surface area (TPSA) is 85.9 Å². The molecule has 0 spiro atoms. The van der Waals surface area contributed by atoms with Gasteiger partial charge in [0.05, 0.1) is 0 Å². The molecule has 0 heterocycles. The average molecular weight is 178 g/mol. The lowest BCUT2D eigenvalue weighted by Crippen LogP contribution is -2.19. The molecule has 0 aromatic heterocycles. The van der Waals surface area contributed by atoms with Gasteiger partial charge < -0.3 is 10.6 Å². The van der Waals surface area contributed by atoms with Crippen LogP contribution < -0.4 is 0 Å². The largest absolute Gasteiger partial charge is 0.481 e. The lowest BCUT2D eigenvalue weighted by atomic mass is 10.0. The van der Waals surface area contributed by atoms with Crippen LogP contribution in [0.5, 0.6) is 0 Å². The second kappa shape index (κ2) is 7.74. The van der Waals surface area contributed by atoms with Gasteiger partial charge >= 0.3 is 5.97 Å². The van der Waals surface area contributed by atoms with Crippen molar-refractivity contribution in [3.63, 3.8) is 0 Å². The van der Waals surface area contributed by atoms with Gasteiger partial charge in [-0.25, -0.2) is 0 Å². The zero-order valence-electron chi connectivity index (χ0n) is 6.05. The van der Waals surface area contributed by atoms with Gasteiger partial charge in [0.15, 0.2) is 17.4 Å². The van der Waals surface area contributed by atoms with E-state index in [9.17, 15) is 9.59 Å². The molecule has 4 nitrogen and oxygen atoms in total. The number of Topliss-reactive ketones (excluding diaryl/α,β-unsaturated/α-hetero) is 1. The van der Waals surface area contributed by atoms with E-state index < -0.39 is 11.9 Å². The molecule has 0 fully saturated rings. The summed E-state index contributed by atoms with van der Waals surface area (Å²) in [6.07, 6.45) is 0.380. The Balaban J connectivity index is -0.000000320. The number of hydrogen-bond donors (Lipinski definition) is 1. The second-order valence-corrected chi connectivity index (χ2v) is 1.91. The molecular formula is C6H15AlO4. The van der Waals surface area contributed by atoms with Crippen LogP contribution in [0.25, 0.3) is 0 Å². The average Bonchev–Trinajstić information content (AvgIpc) is 1.64. The number of carboxylic acids is 1. The van der Waals surface area contributed by atoms with Crippen LogP contribution in [-0.4, -0.2) is 39.7 Å². The summed E-state index contributed by atoms with van der Waals surface area (Å²) in [7, 11) is 0. The standard InChI is InChI=1S/C6H10O3.Al.H2O.3H/c1-3-5(4(2)7)6(8)9;;;;;/h5H,3H2,1-2H3,(H,8,9);;1H2;;;. The molecule has 0 aliphatic rings. The molecule has 0 amide bonds. The molecule has 66 valence electrons. The predicted molar refractivity (Wildman–Crippen MR) is 45.7 cm³/mol. The zero-order valence-corrected chi connectivity index (χ0v) is 6.05. The van der Waals surface area contributed by atoms with Crippen molar-refractivity contribution in [2.24, 2.45) is 5.92 Å². The Morgan fingerprint density at radius 1 is 1.45 bits per heavy atom. The molecule has 0 aromatic carbocycles. The van der Waals surface area contributed by atoms with Crippen molar-refractivity contribution in [1.82, 2.24) is 0 Å². The van der Waals surface area contributed by atoms with Crippen LogP contribution in [-0.2, 0) is 9.59 Å². The number of hydrogen-bond acceptors (Lipinski definition) is 2. The lowest BCUT2D eigenvalue weighted by molar-refractivity contribution is -0.145. The molecule has 0 rings (SSSR count). The SMILES string of the molecule is CCC(C(C)=O)C(=O)O.O.[AlH3]. The van der Waals surface area contributed by atoms with Crippen LogP contribution >= 0.6 is 0 Å². The first-order valence-electron chi connectivity index (χ1n) is 2.82. The van der Waals surface area contributed by atoms with E-state index in [0.29, 0.717) is 6.42 Å². The summed E-state index contributed by atoms with van der Waals surface area (Å²) in [5.74, 6) is -2.10. The van der Waals surface area contributed by atoms with Gasteiger partial charge in [-0.05, 0) is 13.3 Å². The molecule has 0 bridgehead atoms. The Morgan fingerprint density at radius 3 is 1.82 bits per heavy atom. The van der Waals surface area contributed by atoms with Gasteiger partial charge in [-0.15, -0.1) is 0 Å². The van der Waals surface area contributed by atoms with Gasteiger partial charge in [0, 0.05) is 0 Å². The molecule has 3 N–H and O–H groups in total. The van der Waals surface area contributed by atoms with Gasteiger partial charge in [-0.1, -0.05) is 6.92 Å². The lowest BCUT2D eigenvalue weighted by Gasteiger charge is -2.01. The fourth-order valence-electron chi connectivity index (χ4n) is 0.636. The summed E-state index contributed by atoms with van der Waals surface area (Å²) in [5, 5.41) is 8.32. The number of carbonyl (C=O) groups is 2. The summed E-state index contributed by atoms with van der Waals surface area (Å²) in [6, 6.07) is 0. The Morgan fingerprint density at radius 2 is 1.82 bits per heavy atom. The molecule has 0 saturated heterocycles.